The average molecular weight is 863 g/mol. The summed E-state index contributed by atoms with van der Waals surface area (Å²) in [6.45, 7) is 10.4. The molecule has 0 unspecified atom stereocenters. The van der Waals surface area contributed by atoms with E-state index in [0.717, 1.165) is 33.4 Å². The van der Waals surface area contributed by atoms with Gasteiger partial charge in [0.1, 0.15) is 18.8 Å². The van der Waals surface area contributed by atoms with E-state index < -0.39 is 29.2 Å². The smallest absolute Gasteiger partial charge is 0.408 e. The predicted molar refractivity (Wildman–Crippen MR) is 253 cm³/mol. The van der Waals surface area contributed by atoms with E-state index in [9.17, 15) is 24.3 Å². The lowest BCUT2D eigenvalue weighted by Crippen LogP contribution is -2.40. The van der Waals surface area contributed by atoms with Crippen molar-refractivity contribution < 1.29 is 38.5 Å². The molecule has 10 heteroatoms. The fourth-order valence-corrected chi connectivity index (χ4v) is 6.18. The summed E-state index contributed by atoms with van der Waals surface area (Å²) in [7, 11) is 0. The molecule has 6 rings (SSSR count). The van der Waals surface area contributed by atoms with Gasteiger partial charge in [0, 0.05) is 27.8 Å². The van der Waals surface area contributed by atoms with Gasteiger partial charge < -0.3 is 24.6 Å². The van der Waals surface area contributed by atoms with Gasteiger partial charge in [0.05, 0.1) is 13.1 Å². The molecule has 6 aromatic rings. The van der Waals surface area contributed by atoms with E-state index in [4.69, 9.17) is 9.47 Å². The van der Waals surface area contributed by atoms with E-state index in [2.05, 4.69) is 28.2 Å². The third kappa shape index (κ3) is 14.8. The molecule has 0 aliphatic carbocycles. The Kier molecular flexibility index (Phi) is 22.4. The molecule has 0 aliphatic heterocycles. The summed E-state index contributed by atoms with van der Waals surface area (Å²) >= 11 is 0. The van der Waals surface area contributed by atoms with E-state index in [1.165, 1.54) is 6.08 Å². The normalized spacial score (nSPS) is 10.1. The van der Waals surface area contributed by atoms with Crippen LogP contribution in [0.4, 0.5) is 4.79 Å². The number of esters is 2. The van der Waals surface area contributed by atoms with E-state index in [1.54, 1.807) is 13.8 Å². The summed E-state index contributed by atoms with van der Waals surface area (Å²) in [5, 5.41) is 14.1. The molecule has 64 heavy (non-hydrogen) atoms. The largest absolute Gasteiger partial charge is 0.460 e. The molecule has 6 aromatic carbocycles. The second kappa shape index (κ2) is 27.3. The predicted octanol–water partition coefficient (Wildman–Crippen LogP) is 10.5. The fraction of sp³-hybridized carbons (Fsp3) is 0.185. The van der Waals surface area contributed by atoms with E-state index >= 15 is 0 Å². The number of carbonyl (C=O) groups is 3. The third-order valence-electron chi connectivity index (χ3n) is 9.16. The molecule has 10 nitrogen and oxygen atoms in total. The summed E-state index contributed by atoms with van der Waals surface area (Å²) in [6, 6.07) is 58.1. The molecule has 0 heterocycles. The minimum absolute atomic E-state index is 0. The Labute approximate surface area is 377 Å². The molecule has 2 N–H and O–H groups in total. The molecule has 0 saturated carbocycles. The molecule has 0 radical (unpaired) electrons. The number of carbonyl (C=O) groups excluding carboxylic acids is 4. The first-order chi connectivity index (χ1) is 30.0. The van der Waals surface area contributed by atoms with E-state index in [1.807, 2.05) is 182 Å². The number of hydrogen-bond acceptors (Lipinski definition) is 9. The van der Waals surface area contributed by atoms with Crippen LogP contribution in [0, 0.1) is 0 Å². The first-order valence-electron chi connectivity index (χ1n) is 19.7. The average Bonchev–Trinajstić information content (AvgIpc) is 3.32. The van der Waals surface area contributed by atoms with Gasteiger partial charge >= 0.3 is 18.0 Å². The van der Waals surface area contributed by atoms with Gasteiger partial charge in [-0.15, -0.1) is 0 Å². The molecule has 0 bridgehead atoms. The highest BCUT2D eigenvalue weighted by molar-refractivity contribution is 5.87. The molecular formula is C54H58N2O8. The van der Waals surface area contributed by atoms with Crippen LogP contribution < -0.4 is 5.32 Å². The summed E-state index contributed by atoms with van der Waals surface area (Å²) in [5.41, 5.74) is 3.43. The number of ether oxygens (including phenoxy) is 3. The van der Waals surface area contributed by atoms with Gasteiger partial charge in [-0.05, 0) is 30.5 Å². The Balaban J connectivity index is 0.000000366. The Hall–Kier alpha value is -7.65. The zero-order valence-corrected chi connectivity index (χ0v) is 34.8. The molecule has 332 valence electrons. The molecule has 0 spiro atoms. The number of nitrogens with one attached hydrogen (secondary N) is 1. The van der Waals surface area contributed by atoms with E-state index in [-0.39, 0.29) is 41.2 Å². The number of rotatable bonds is 15. The van der Waals surface area contributed by atoms with Crippen molar-refractivity contribution in [1.29, 1.82) is 0 Å². The van der Waals surface area contributed by atoms with Crippen molar-refractivity contribution in [3.05, 3.63) is 240 Å². The number of nitrogens with zero attached hydrogens (tertiary/aromatic N) is 1. The van der Waals surface area contributed by atoms with Crippen LogP contribution in [0.15, 0.2) is 211 Å². The number of amides is 1. The quantitative estimate of drug-likeness (QED) is 0.0198. The van der Waals surface area contributed by atoms with Crippen LogP contribution in [0.2, 0.25) is 0 Å². The van der Waals surface area contributed by atoms with Crippen LogP contribution in [0.1, 0.15) is 62.1 Å². The fourth-order valence-electron chi connectivity index (χ4n) is 6.18. The maximum Gasteiger partial charge on any atom is 0.408 e. The highest BCUT2D eigenvalue weighted by Crippen LogP contribution is 2.40. The van der Waals surface area contributed by atoms with Gasteiger partial charge in [0.15, 0.2) is 5.60 Å². The van der Waals surface area contributed by atoms with Crippen molar-refractivity contribution in [1.82, 2.24) is 5.32 Å². The Morgan fingerprint density at radius 3 is 1.14 bits per heavy atom. The van der Waals surface area contributed by atoms with Crippen LogP contribution in [0.3, 0.4) is 0 Å². The third-order valence-corrected chi connectivity index (χ3v) is 9.16. The first kappa shape index (κ1) is 52.5. The van der Waals surface area contributed by atoms with Crippen molar-refractivity contribution in [2.24, 2.45) is 4.99 Å². The van der Waals surface area contributed by atoms with Crippen LogP contribution >= 0.6 is 0 Å². The van der Waals surface area contributed by atoms with Gasteiger partial charge in [-0.1, -0.05) is 210 Å². The minimum atomic E-state index is -1.15. The number of benzene rings is 6. The lowest BCUT2D eigenvalue weighted by Gasteiger charge is -2.35. The number of alkyl carbamates (subject to hydrolysis) is 1. The summed E-state index contributed by atoms with van der Waals surface area (Å²) in [6.07, 6.45) is 0.710. The van der Waals surface area contributed by atoms with Crippen LogP contribution in [0.25, 0.3) is 0 Å². The maximum absolute atomic E-state index is 12.9. The molecular weight excluding hydrogens is 805 g/mol. The van der Waals surface area contributed by atoms with Gasteiger partial charge in [-0.3, -0.25) is 0 Å². The van der Waals surface area contributed by atoms with Gasteiger partial charge in [-0.25, -0.2) is 24.2 Å². The second-order valence-corrected chi connectivity index (χ2v) is 13.7. The van der Waals surface area contributed by atoms with Crippen molar-refractivity contribution in [3.63, 3.8) is 0 Å². The van der Waals surface area contributed by atoms with Crippen LogP contribution in [-0.4, -0.2) is 55.5 Å². The Bertz CT molecular complexity index is 2180. The minimum Gasteiger partial charge on any atom is -0.460 e. The molecule has 0 aliphatic rings. The molecule has 0 saturated heterocycles. The van der Waals surface area contributed by atoms with Gasteiger partial charge in [-0.2, -0.15) is 0 Å². The zero-order chi connectivity index (χ0) is 44.6. The van der Waals surface area contributed by atoms with Gasteiger partial charge in [0.25, 0.3) is 0 Å². The molecule has 0 atom stereocenters. The topological polar surface area (TPSA) is 141 Å². The van der Waals surface area contributed by atoms with Crippen molar-refractivity contribution >= 4 is 24.1 Å². The van der Waals surface area contributed by atoms with Crippen molar-refractivity contribution in [2.75, 3.05) is 26.3 Å². The van der Waals surface area contributed by atoms with E-state index in [0.29, 0.717) is 11.1 Å². The Morgan fingerprint density at radius 2 is 0.844 bits per heavy atom. The second-order valence-electron chi connectivity index (χ2n) is 13.7. The number of isocyanates is 1. The van der Waals surface area contributed by atoms with Crippen molar-refractivity contribution in [3.8, 4) is 0 Å². The highest BCUT2D eigenvalue weighted by Gasteiger charge is 2.40. The summed E-state index contributed by atoms with van der Waals surface area (Å²) < 4.78 is 15.8. The van der Waals surface area contributed by atoms with Crippen LogP contribution in [0.5, 0.6) is 0 Å². The Morgan fingerprint density at radius 1 is 0.547 bits per heavy atom. The molecule has 1 amide bonds. The number of hydrogen-bond donors (Lipinski definition) is 2. The monoisotopic (exact) mass is 862 g/mol. The summed E-state index contributed by atoms with van der Waals surface area (Å²) in [5.74, 6) is -0.964. The SMILES string of the molecule is C.C.C=C(C)C(=O)OCCN=C=O.C=C(C)C(=O)OCCNC(=O)OC(c1ccccc1)(c1ccccc1)c1ccccc1.OC(c1ccccc1)(c1ccccc1)c1ccccc1. The standard InChI is InChI=1S/C26H25NO4.C19H16O.C7H9NO3.2CH4/c1-20(2)24(28)30-19-18-27-25(29)31-26(21-12-6-3-7-13-21,22-14-8-4-9-15-22)23-16-10-5-11-17-23;20-19(16-10-4-1-5-11-16,17-12-6-2-7-13-17)18-14-8-3-9-15-18;1-6(2)7(10)11-4-3-8-5-9;;/h3-17H,1,18-19H2,2H3,(H,27,29);1-15,20H;1,3-4H2,2H3;2*1H4. The lowest BCUT2D eigenvalue weighted by molar-refractivity contribution is -0.139. The molecule has 0 fully saturated rings. The van der Waals surface area contributed by atoms with Gasteiger partial charge in [0.2, 0.25) is 6.08 Å². The number of aliphatic hydroxyl groups is 1. The van der Waals surface area contributed by atoms with Crippen LogP contribution in [-0.2, 0) is 39.8 Å². The highest BCUT2D eigenvalue weighted by atomic mass is 16.6. The lowest BCUT2D eigenvalue weighted by atomic mass is 9.80. The van der Waals surface area contributed by atoms with Crippen molar-refractivity contribution in [2.45, 2.75) is 39.9 Å². The first-order valence-corrected chi connectivity index (χ1v) is 19.7. The summed E-state index contributed by atoms with van der Waals surface area (Å²) in [4.78, 5) is 47.7. The number of aliphatic imine (C=N–C) groups is 1. The zero-order valence-electron chi connectivity index (χ0n) is 34.8. The maximum atomic E-state index is 12.9. The molecule has 0 aromatic heterocycles.